The summed E-state index contributed by atoms with van der Waals surface area (Å²) >= 11 is 0. The van der Waals surface area contributed by atoms with E-state index in [9.17, 15) is 0 Å². The second-order valence-electron chi connectivity index (χ2n) is 4.03. The van der Waals surface area contributed by atoms with Crippen molar-refractivity contribution in [3.63, 3.8) is 0 Å². The van der Waals surface area contributed by atoms with E-state index in [0.29, 0.717) is 0 Å². The Labute approximate surface area is 73.6 Å². The van der Waals surface area contributed by atoms with E-state index >= 15 is 0 Å². The molecule has 2 rings (SSSR count). The predicted octanol–water partition coefficient (Wildman–Crippen LogP) is 2.25. The van der Waals surface area contributed by atoms with Gasteiger partial charge in [0.2, 0.25) is 0 Å². The average Bonchev–Trinajstić information content (AvgIpc) is 2.67. The fraction of sp³-hybridized carbons (Fsp3) is 0.455. The van der Waals surface area contributed by atoms with Crippen molar-refractivity contribution in [1.29, 1.82) is 0 Å². The summed E-state index contributed by atoms with van der Waals surface area (Å²) < 4.78 is 0. The van der Waals surface area contributed by atoms with Crippen LogP contribution in [-0.2, 0) is 5.54 Å². The lowest BCUT2D eigenvalue weighted by Gasteiger charge is -2.10. The topological polar surface area (TPSA) is 26.0 Å². The van der Waals surface area contributed by atoms with Crippen LogP contribution in [0.2, 0.25) is 0 Å². The van der Waals surface area contributed by atoms with E-state index < -0.39 is 0 Å². The highest BCUT2D eigenvalue weighted by atomic mass is 14.8. The van der Waals surface area contributed by atoms with Gasteiger partial charge in [-0.25, -0.2) is 0 Å². The first-order chi connectivity index (χ1) is 5.60. The van der Waals surface area contributed by atoms with Gasteiger partial charge >= 0.3 is 0 Å². The van der Waals surface area contributed by atoms with Gasteiger partial charge in [0.25, 0.3) is 0 Å². The third-order valence-electron chi connectivity index (χ3n) is 2.59. The molecule has 0 saturated heterocycles. The zero-order chi connectivity index (χ0) is 8.77. The molecule has 1 saturated carbocycles. The van der Waals surface area contributed by atoms with Crippen LogP contribution in [0.25, 0.3) is 0 Å². The molecule has 12 heavy (non-hydrogen) atoms. The SMILES string of the molecule is Cc1cc(C)cc(C2(N)CC2)c1. The maximum atomic E-state index is 6.11. The number of hydrogen-bond acceptors (Lipinski definition) is 1. The molecule has 0 heterocycles. The Morgan fingerprint density at radius 2 is 1.58 bits per heavy atom. The molecule has 0 radical (unpaired) electrons. The first-order valence-electron chi connectivity index (χ1n) is 4.48. The fourth-order valence-electron chi connectivity index (χ4n) is 1.69. The summed E-state index contributed by atoms with van der Waals surface area (Å²) in [4.78, 5) is 0. The summed E-state index contributed by atoms with van der Waals surface area (Å²) in [6.07, 6.45) is 2.30. The Hall–Kier alpha value is -0.820. The average molecular weight is 161 g/mol. The summed E-state index contributed by atoms with van der Waals surface area (Å²) in [7, 11) is 0. The first kappa shape index (κ1) is 7.81. The molecule has 1 aliphatic rings. The lowest BCUT2D eigenvalue weighted by Crippen LogP contribution is -2.18. The van der Waals surface area contributed by atoms with Gasteiger partial charge in [-0.05, 0) is 32.3 Å². The highest BCUT2D eigenvalue weighted by Crippen LogP contribution is 2.42. The number of hydrogen-bond donors (Lipinski definition) is 1. The predicted molar refractivity (Wildman–Crippen MR) is 51.0 cm³/mol. The molecule has 2 N–H and O–H groups in total. The summed E-state index contributed by atoms with van der Waals surface area (Å²) in [5, 5.41) is 0. The minimum Gasteiger partial charge on any atom is -0.321 e. The molecule has 0 spiro atoms. The molecule has 1 fully saturated rings. The molecule has 0 aliphatic heterocycles. The number of rotatable bonds is 1. The number of benzene rings is 1. The maximum absolute atomic E-state index is 6.11. The van der Waals surface area contributed by atoms with Crippen LogP contribution in [0.15, 0.2) is 18.2 Å². The molecule has 1 aliphatic carbocycles. The van der Waals surface area contributed by atoms with Crippen molar-refractivity contribution in [3.05, 3.63) is 34.9 Å². The summed E-state index contributed by atoms with van der Waals surface area (Å²) in [5.41, 5.74) is 10.1. The molecular weight excluding hydrogens is 146 g/mol. The second kappa shape index (κ2) is 2.33. The van der Waals surface area contributed by atoms with Crippen molar-refractivity contribution in [1.82, 2.24) is 0 Å². The molecule has 64 valence electrons. The Balaban J connectivity index is 2.44. The van der Waals surface area contributed by atoms with Gasteiger partial charge in [0.15, 0.2) is 0 Å². The molecule has 0 bridgehead atoms. The first-order valence-corrected chi connectivity index (χ1v) is 4.48. The fourth-order valence-corrected chi connectivity index (χ4v) is 1.69. The Kier molecular flexibility index (Phi) is 1.52. The zero-order valence-electron chi connectivity index (χ0n) is 7.72. The number of aryl methyl sites for hydroxylation is 2. The second-order valence-corrected chi connectivity index (χ2v) is 4.03. The molecule has 0 atom stereocenters. The minimum atomic E-state index is 0.0246. The van der Waals surface area contributed by atoms with Gasteiger partial charge in [0.1, 0.15) is 0 Å². The summed E-state index contributed by atoms with van der Waals surface area (Å²) in [5.74, 6) is 0. The van der Waals surface area contributed by atoms with Crippen LogP contribution in [0.4, 0.5) is 0 Å². The van der Waals surface area contributed by atoms with E-state index in [1.807, 2.05) is 0 Å². The minimum absolute atomic E-state index is 0.0246. The molecule has 1 nitrogen and oxygen atoms in total. The summed E-state index contributed by atoms with van der Waals surface area (Å²) in [6, 6.07) is 6.61. The van der Waals surface area contributed by atoms with Gasteiger partial charge in [-0.1, -0.05) is 29.3 Å². The summed E-state index contributed by atoms with van der Waals surface area (Å²) in [6.45, 7) is 4.25. The Morgan fingerprint density at radius 1 is 1.08 bits per heavy atom. The quantitative estimate of drug-likeness (QED) is 0.671. The van der Waals surface area contributed by atoms with Crippen LogP contribution < -0.4 is 5.73 Å². The van der Waals surface area contributed by atoms with Gasteiger partial charge < -0.3 is 5.73 Å². The molecule has 1 aromatic carbocycles. The van der Waals surface area contributed by atoms with E-state index in [2.05, 4.69) is 32.0 Å². The normalized spacial score (nSPS) is 19.2. The van der Waals surface area contributed by atoms with E-state index in [1.165, 1.54) is 16.7 Å². The van der Waals surface area contributed by atoms with E-state index in [4.69, 9.17) is 5.73 Å². The molecule has 0 amide bonds. The van der Waals surface area contributed by atoms with Gasteiger partial charge in [-0.2, -0.15) is 0 Å². The van der Waals surface area contributed by atoms with Crippen molar-refractivity contribution in [3.8, 4) is 0 Å². The maximum Gasteiger partial charge on any atom is 0.0411 e. The molecule has 0 unspecified atom stereocenters. The molecule has 1 aromatic rings. The van der Waals surface area contributed by atoms with Gasteiger partial charge in [0, 0.05) is 5.54 Å². The van der Waals surface area contributed by atoms with Crippen LogP contribution in [0.1, 0.15) is 29.5 Å². The molecule has 1 heteroatoms. The van der Waals surface area contributed by atoms with Gasteiger partial charge in [-0.15, -0.1) is 0 Å². The van der Waals surface area contributed by atoms with Crippen LogP contribution in [0.3, 0.4) is 0 Å². The lowest BCUT2D eigenvalue weighted by atomic mass is 10.0. The van der Waals surface area contributed by atoms with Crippen LogP contribution in [0, 0.1) is 13.8 Å². The van der Waals surface area contributed by atoms with Crippen LogP contribution in [0.5, 0.6) is 0 Å². The standard InChI is InChI=1S/C11H15N/c1-8-5-9(2)7-10(6-8)11(12)3-4-11/h5-7H,3-4,12H2,1-2H3. The zero-order valence-corrected chi connectivity index (χ0v) is 7.72. The van der Waals surface area contributed by atoms with Gasteiger partial charge in [0.05, 0.1) is 0 Å². The highest BCUT2D eigenvalue weighted by molar-refractivity contribution is 5.36. The van der Waals surface area contributed by atoms with E-state index in [0.717, 1.165) is 12.8 Å². The Morgan fingerprint density at radius 3 is 2.00 bits per heavy atom. The third-order valence-corrected chi connectivity index (χ3v) is 2.59. The lowest BCUT2D eigenvalue weighted by molar-refractivity contribution is 0.738. The van der Waals surface area contributed by atoms with Crippen molar-refractivity contribution in [2.45, 2.75) is 32.2 Å². The van der Waals surface area contributed by atoms with Gasteiger partial charge in [-0.3, -0.25) is 0 Å². The third kappa shape index (κ3) is 1.25. The van der Waals surface area contributed by atoms with Crippen molar-refractivity contribution in [2.24, 2.45) is 5.73 Å². The largest absolute Gasteiger partial charge is 0.321 e. The van der Waals surface area contributed by atoms with Crippen molar-refractivity contribution < 1.29 is 0 Å². The Bertz CT molecular complexity index is 291. The van der Waals surface area contributed by atoms with E-state index in [-0.39, 0.29) is 5.54 Å². The number of nitrogens with two attached hydrogens (primary N) is 1. The molecule has 0 aromatic heterocycles. The monoisotopic (exact) mass is 161 g/mol. The van der Waals surface area contributed by atoms with Crippen LogP contribution in [-0.4, -0.2) is 0 Å². The highest BCUT2D eigenvalue weighted by Gasteiger charge is 2.39. The smallest absolute Gasteiger partial charge is 0.0411 e. The van der Waals surface area contributed by atoms with Crippen LogP contribution >= 0.6 is 0 Å². The van der Waals surface area contributed by atoms with E-state index in [1.54, 1.807) is 0 Å². The van der Waals surface area contributed by atoms with Crippen molar-refractivity contribution >= 4 is 0 Å². The van der Waals surface area contributed by atoms with Crippen molar-refractivity contribution in [2.75, 3.05) is 0 Å². The molecular formula is C11H15N.